The Hall–Kier alpha value is -1.57. The van der Waals surface area contributed by atoms with E-state index in [9.17, 15) is 9.59 Å². The predicted octanol–water partition coefficient (Wildman–Crippen LogP) is 1.23. The molecule has 1 aliphatic heterocycles. The number of amides is 1. The first-order valence-corrected chi connectivity index (χ1v) is 6.50. The van der Waals surface area contributed by atoms with Gasteiger partial charge < -0.3 is 9.64 Å². The van der Waals surface area contributed by atoms with Gasteiger partial charge in [0.05, 0.1) is 0 Å². The van der Waals surface area contributed by atoms with E-state index in [2.05, 4.69) is 6.92 Å². The maximum atomic E-state index is 11.9. The molecule has 1 heterocycles. The van der Waals surface area contributed by atoms with Crippen LogP contribution in [0.5, 0.6) is 0 Å². The molecule has 2 aliphatic rings. The van der Waals surface area contributed by atoms with Crippen molar-refractivity contribution in [2.45, 2.75) is 44.6 Å². The van der Waals surface area contributed by atoms with Crippen molar-refractivity contribution in [3.63, 3.8) is 0 Å². The molecule has 1 atom stereocenters. The highest BCUT2D eigenvalue weighted by atomic mass is 16.6. The summed E-state index contributed by atoms with van der Waals surface area (Å²) < 4.78 is 5.08. The average molecular weight is 250 g/mol. The number of nitriles is 1. The molecule has 18 heavy (non-hydrogen) atoms. The van der Waals surface area contributed by atoms with Gasteiger partial charge in [0.2, 0.25) is 0 Å². The van der Waals surface area contributed by atoms with Crippen LogP contribution < -0.4 is 0 Å². The first-order chi connectivity index (χ1) is 8.56. The highest BCUT2D eigenvalue weighted by Gasteiger charge is 2.43. The summed E-state index contributed by atoms with van der Waals surface area (Å²) in [5, 5.41) is 8.97. The van der Waals surface area contributed by atoms with E-state index in [0.29, 0.717) is 31.8 Å². The average Bonchev–Trinajstić information content (AvgIpc) is 2.32. The Labute approximate surface area is 107 Å². The van der Waals surface area contributed by atoms with Crippen molar-refractivity contribution in [2.75, 3.05) is 13.1 Å². The topological polar surface area (TPSA) is 70.4 Å². The quantitative estimate of drug-likeness (QED) is 0.518. The van der Waals surface area contributed by atoms with Crippen molar-refractivity contribution in [2.24, 2.45) is 5.92 Å². The van der Waals surface area contributed by atoms with E-state index >= 15 is 0 Å². The summed E-state index contributed by atoms with van der Waals surface area (Å²) in [5.74, 6) is -1.04. The zero-order chi connectivity index (χ0) is 13.2. The molecule has 98 valence electrons. The zero-order valence-corrected chi connectivity index (χ0v) is 10.6. The SMILES string of the molecule is C[C@@H]1CCCN(C(=O)C(=O)OC2(C#N)CCC2)C1. The second-order valence-corrected chi connectivity index (χ2v) is 5.35. The van der Waals surface area contributed by atoms with Crippen LogP contribution in [-0.2, 0) is 14.3 Å². The smallest absolute Gasteiger partial charge is 0.398 e. The number of esters is 1. The molecular weight excluding hydrogens is 232 g/mol. The third-order valence-electron chi connectivity index (χ3n) is 3.77. The Morgan fingerprint density at radius 3 is 2.61 bits per heavy atom. The lowest BCUT2D eigenvalue weighted by atomic mass is 9.81. The molecule has 0 aromatic heterocycles. The number of rotatable bonds is 1. The molecule has 2 rings (SSSR count). The van der Waals surface area contributed by atoms with Gasteiger partial charge >= 0.3 is 11.9 Å². The molecule has 1 aliphatic carbocycles. The van der Waals surface area contributed by atoms with Gasteiger partial charge in [-0.05, 0) is 25.2 Å². The molecule has 0 unspecified atom stereocenters. The summed E-state index contributed by atoms with van der Waals surface area (Å²) in [7, 11) is 0. The van der Waals surface area contributed by atoms with Gasteiger partial charge in [0, 0.05) is 25.9 Å². The fourth-order valence-electron chi connectivity index (χ4n) is 2.46. The third kappa shape index (κ3) is 2.47. The third-order valence-corrected chi connectivity index (χ3v) is 3.77. The molecule has 1 saturated heterocycles. The number of carbonyl (C=O) groups is 2. The summed E-state index contributed by atoms with van der Waals surface area (Å²) in [6.07, 6.45) is 3.96. The molecule has 1 saturated carbocycles. The molecule has 1 amide bonds. The molecule has 0 aromatic rings. The molecule has 0 radical (unpaired) electrons. The monoisotopic (exact) mass is 250 g/mol. The lowest BCUT2D eigenvalue weighted by molar-refractivity contribution is -0.173. The van der Waals surface area contributed by atoms with Gasteiger partial charge in [0.1, 0.15) is 6.07 Å². The molecule has 5 nitrogen and oxygen atoms in total. The van der Waals surface area contributed by atoms with Crippen LogP contribution in [0, 0.1) is 17.2 Å². The van der Waals surface area contributed by atoms with Crippen LogP contribution in [0.25, 0.3) is 0 Å². The van der Waals surface area contributed by atoms with Crippen molar-refractivity contribution >= 4 is 11.9 Å². The summed E-state index contributed by atoms with van der Waals surface area (Å²) in [6, 6.07) is 2.00. The van der Waals surface area contributed by atoms with E-state index in [1.165, 1.54) is 0 Å². The number of carbonyl (C=O) groups excluding carboxylic acids is 2. The Bertz CT molecular complexity index is 396. The number of likely N-dealkylation sites (tertiary alicyclic amines) is 1. The van der Waals surface area contributed by atoms with Crippen LogP contribution in [0.2, 0.25) is 0 Å². The van der Waals surface area contributed by atoms with Gasteiger partial charge in [-0.15, -0.1) is 0 Å². The summed E-state index contributed by atoms with van der Waals surface area (Å²) in [4.78, 5) is 25.2. The minimum atomic E-state index is -1.03. The number of piperidine rings is 1. The predicted molar refractivity (Wildman–Crippen MR) is 63.3 cm³/mol. The Balaban J connectivity index is 1.92. The highest BCUT2D eigenvalue weighted by molar-refractivity contribution is 6.32. The molecule has 0 aromatic carbocycles. The number of ether oxygens (including phenoxy) is 1. The molecule has 5 heteroatoms. The normalized spacial score (nSPS) is 25.8. The van der Waals surface area contributed by atoms with E-state index in [1.54, 1.807) is 4.90 Å². The molecule has 0 bridgehead atoms. The minimum absolute atomic E-state index is 0.420. The fourth-order valence-corrected chi connectivity index (χ4v) is 2.46. The number of hydrogen-bond acceptors (Lipinski definition) is 4. The second-order valence-electron chi connectivity index (χ2n) is 5.35. The van der Waals surface area contributed by atoms with E-state index in [1.807, 2.05) is 6.07 Å². The van der Waals surface area contributed by atoms with Crippen LogP contribution in [0.4, 0.5) is 0 Å². The van der Waals surface area contributed by atoms with Gasteiger partial charge in [-0.25, -0.2) is 4.79 Å². The van der Waals surface area contributed by atoms with E-state index in [4.69, 9.17) is 10.00 Å². The van der Waals surface area contributed by atoms with E-state index in [0.717, 1.165) is 19.3 Å². The Kier molecular flexibility index (Phi) is 3.55. The van der Waals surface area contributed by atoms with Gasteiger partial charge in [-0.1, -0.05) is 6.92 Å². The van der Waals surface area contributed by atoms with Crippen molar-refractivity contribution in [1.82, 2.24) is 4.90 Å². The highest BCUT2D eigenvalue weighted by Crippen LogP contribution is 2.35. The van der Waals surface area contributed by atoms with Crippen LogP contribution in [0.1, 0.15) is 39.0 Å². The molecular formula is C13H18N2O3. The molecule has 0 spiro atoms. The maximum Gasteiger partial charge on any atom is 0.398 e. The zero-order valence-electron chi connectivity index (χ0n) is 10.6. The minimum Gasteiger partial charge on any atom is -0.436 e. The van der Waals surface area contributed by atoms with Crippen LogP contribution in [0.15, 0.2) is 0 Å². The number of nitrogens with zero attached hydrogens (tertiary/aromatic N) is 2. The van der Waals surface area contributed by atoms with Crippen LogP contribution >= 0.6 is 0 Å². The Morgan fingerprint density at radius 1 is 1.39 bits per heavy atom. The summed E-state index contributed by atoms with van der Waals surface area (Å²) >= 11 is 0. The first kappa shape index (κ1) is 12.9. The van der Waals surface area contributed by atoms with E-state index in [-0.39, 0.29) is 0 Å². The van der Waals surface area contributed by atoms with Gasteiger partial charge in [-0.3, -0.25) is 4.79 Å². The summed E-state index contributed by atoms with van der Waals surface area (Å²) in [5.41, 5.74) is -1.03. The Morgan fingerprint density at radius 2 is 2.11 bits per heavy atom. The fraction of sp³-hybridized carbons (Fsp3) is 0.769. The van der Waals surface area contributed by atoms with E-state index < -0.39 is 17.5 Å². The van der Waals surface area contributed by atoms with Gasteiger partial charge in [0.15, 0.2) is 5.60 Å². The first-order valence-electron chi connectivity index (χ1n) is 6.50. The van der Waals surface area contributed by atoms with Crippen LogP contribution in [0.3, 0.4) is 0 Å². The standard InChI is InChI=1S/C13H18N2O3/c1-10-4-2-7-15(8-10)11(16)12(17)18-13(9-14)5-3-6-13/h10H,2-8H2,1H3/t10-/m1/s1. The maximum absolute atomic E-state index is 11.9. The molecule has 0 N–H and O–H groups in total. The van der Waals surface area contributed by atoms with Gasteiger partial charge in [-0.2, -0.15) is 5.26 Å². The summed E-state index contributed by atoms with van der Waals surface area (Å²) in [6.45, 7) is 3.28. The lowest BCUT2D eigenvalue weighted by Gasteiger charge is -2.35. The van der Waals surface area contributed by atoms with Crippen LogP contribution in [-0.4, -0.2) is 35.5 Å². The van der Waals surface area contributed by atoms with Crippen molar-refractivity contribution < 1.29 is 14.3 Å². The second kappa shape index (κ2) is 4.97. The van der Waals surface area contributed by atoms with Crippen molar-refractivity contribution in [3.8, 4) is 6.07 Å². The largest absolute Gasteiger partial charge is 0.436 e. The number of hydrogen-bond donors (Lipinski definition) is 0. The lowest BCUT2D eigenvalue weighted by Crippen LogP contribution is -2.48. The molecule has 2 fully saturated rings. The van der Waals surface area contributed by atoms with Gasteiger partial charge in [0.25, 0.3) is 0 Å². The van der Waals surface area contributed by atoms with Crippen molar-refractivity contribution in [3.05, 3.63) is 0 Å². The van der Waals surface area contributed by atoms with Crippen molar-refractivity contribution in [1.29, 1.82) is 5.26 Å².